The average Bonchev–Trinajstić information content (AvgIpc) is 3.54. The van der Waals surface area contributed by atoms with E-state index in [-0.39, 0.29) is 18.6 Å². The lowest BCUT2D eigenvalue weighted by atomic mass is 9.39. The maximum Gasteiger partial charge on any atom is 0.308 e. The van der Waals surface area contributed by atoms with Crippen molar-refractivity contribution in [2.24, 2.45) is 39.9 Å². The number of methoxy groups -OCH3 is 1. The monoisotopic (exact) mass is 648 g/mol. The fourth-order valence-electron chi connectivity index (χ4n) is 9.80. The van der Waals surface area contributed by atoms with E-state index in [2.05, 4.69) is 0 Å². The van der Waals surface area contributed by atoms with Crippen LogP contribution in [0.2, 0.25) is 0 Å². The first-order valence-electron chi connectivity index (χ1n) is 15.6. The number of carbonyl (C=O) groups is 5. The number of aliphatic hydroxyl groups is 3. The summed E-state index contributed by atoms with van der Waals surface area (Å²) in [4.78, 5) is 66.6. The van der Waals surface area contributed by atoms with E-state index >= 15 is 0 Å². The number of Topliss-reactive ketones (excluding diaryl/α,β-unsaturated/α-hetero) is 1. The molecule has 11 atom stereocenters. The zero-order chi connectivity index (χ0) is 34.4. The Morgan fingerprint density at radius 1 is 1.09 bits per heavy atom. The fraction of sp³-hybridized carbons (Fsp3) is 0.727. The third kappa shape index (κ3) is 4.33. The van der Waals surface area contributed by atoms with E-state index in [4.69, 9.17) is 23.4 Å². The molecular weight excluding hydrogens is 604 g/mol. The lowest BCUT2D eigenvalue weighted by Crippen LogP contribution is -2.82. The molecule has 3 N–H and O–H groups in total. The first-order valence-corrected chi connectivity index (χ1v) is 15.6. The summed E-state index contributed by atoms with van der Waals surface area (Å²) in [5.74, 6) is -8.27. The molecule has 0 spiro atoms. The van der Waals surface area contributed by atoms with Crippen molar-refractivity contribution in [2.75, 3.05) is 7.11 Å². The number of fused-ring (bicyclic) bond motifs is 5. The van der Waals surface area contributed by atoms with E-state index < -0.39 is 112 Å². The van der Waals surface area contributed by atoms with Gasteiger partial charge in [0.2, 0.25) is 0 Å². The van der Waals surface area contributed by atoms with Gasteiger partial charge in [0.25, 0.3) is 0 Å². The van der Waals surface area contributed by atoms with Gasteiger partial charge >= 0.3 is 23.9 Å². The highest BCUT2D eigenvalue weighted by Gasteiger charge is 2.86. The summed E-state index contributed by atoms with van der Waals surface area (Å²) in [6, 6.07) is 3.18. The smallest absolute Gasteiger partial charge is 0.308 e. The molecule has 4 aliphatic rings. The van der Waals surface area contributed by atoms with E-state index in [1.165, 1.54) is 20.3 Å². The van der Waals surface area contributed by atoms with Crippen molar-refractivity contribution in [1.29, 1.82) is 0 Å². The summed E-state index contributed by atoms with van der Waals surface area (Å²) >= 11 is 0. The highest BCUT2D eigenvalue weighted by Crippen LogP contribution is 2.74. The zero-order valence-corrected chi connectivity index (χ0v) is 27.4. The Morgan fingerprint density at radius 2 is 1.74 bits per heavy atom. The van der Waals surface area contributed by atoms with Gasteiger partial charge in [-0.3, -0.25) is 24.0 Å². The molecule has 1 aromatic rings. The number of rotatable bonds is 6. The van der Waals surface area contributed by atoms with Gasteiger partial charge in [0, 0.05) is 41.4 Å². The number of hydrogen-bond acceptors (Lipinski definition) is 13. The molecule has 2 heterocycles. The van der Waals surface area contributed by atoms with Crippen molar-refractivity contribution in [3.63, 3.8) is 0 Å². The molecule has 0 aromatic carbocycles. The van der Waals surface area contributed by atoms with Gasteiger partial charge in [0.05, 0.1) is 25.7 Å². The van der Waals surface area contributed by atoms with Crippen molar-refractivity contribution in [2.45, 2.75) is 103 Å². The minimum atomic E-state index is -2.68. The van der Waals surface area contributed by atoms with Crippen LogP contribution in [0.5, 0.6) is 0 Å². The Hall–Kier alpha value is -3.29. The second kappa shape index (κ2) is 10.9. The van der Waals surface area contributed by atoms with Crippen molar-refractivity contribution < 1.29 is 62.7 Å². The molecule has 1 aromatic heterocycles. The van der Waals surface area contributed by atoms with Crippen LogP contribution in [0.3, 0.4) is 0 Å². The minimum Gasteiger partial charge on any atom is -0.469 e. The van der Waals surface area contributed by atoms with Crippen LogP contribution in [0.15, 0.2) is 22.8 Å². The molecule has 0 amide bonds. The number of aliphatic hydroxyl groups excluding tert-OH is 1. The van der Waals surface area contributed by atoms with Gasteiger partial charge < -0.3 is 38.7 Å². The molecule has 1 aliphatic heterocycles. The van der Waals surface area contributed by atoms with E-state index in [0.29, 0.717) is 0 Å². The Kier molecular flexibility index (Phi) is 8.05. The van der Waals surface area contributed by atoms with Crippen LogP contribution >= 0.6 is 0 Å². The van der Waals surface area contributed by atoms with Gasteiger partial charge in [0.1, 0.15) is 29.7 Å². The quantitative estimate of drug-likeness (QED) is 0.300. The third-order valence-electron chi connectivity index (χ3n) is 11.7. The topological polar surface area (TPSA) is 196 Å². The van der Waals surface area contributed by atoms with Gasteiger partial charge in [-0.15, -0.1) is 0 Å². The second-order valence-electron chi connectivity index (χ2n) is 14.8. The van der Waals surface area contributed by atoms with E-state index in [0.717, 1.165) is 6.92 Å². The van der Waals surface area contributed by atoms with Crippen LogP contribution in [0, 0.1) is 39.9 Å². The molecule has 254 valence electrons. The van der Waals surface area contributed by atoms with Gasteiger partial charge in [-0.1, -0.05) is 41.5 Å². The summed E-state index contributed by atoms with van der Waals surface area (Å²) in [7, 11) is 1.18. The van der Waals surface area contributed by atoms with Crippen molar-refractivity contribution in [1.82, 2.24) is 0 Å². The average molecular weight is 649 g/mol. The fourth-order valence-corrected chi connectivity index (χ4v) is 9.80. The first kappa shape index (κ1) is 34.1. The van der Waals surface area contributed by atoms with Crippen LogP contribution in [0.4, 0.5) is 0 Å². The SMILES string of the molecule is COC(=O)C[C@H]1C(C)(C)[C@H](OC(=O)C(C)C)[C@]2(O)C(=O)[C@@H](O)[C@]3(O)[C@@H]4CC(=O)O[C@@H](c5ccco5)[C@]4(C)C[C@@H](OC(C)=O)[C@@H]3[C@]12C. The molecule has 3 saturated carbocycles. The summed E-state index contributed by atoms with van der Waals surface area (Å²) in [5, 5.41) is 37.9. The largest absolute Gasteiger partial charge is 0.469 e. The number of ketones is 1. The highest BCUT2D eigenvalue weighted by atomic mass is 16.6. The Balaban J connectivity index is 1.81. The van der Waals surface area contributed by atoms with Crippen LogP contribution in [0.25, 0.3) is 0 Å². The molecule has 4 fully saturated rings. The molecule has 0 bridgehead atoms. The molecule has 3 aliphatic carbocycles. The molecule has 0 radical (unpaired) electrons. The van der Waals surface area contributed by atoms with Crippen LogP contribution in [0.1, 0.15) is 79.6 Å². The van der Waals surface area contributed by atoms with Crippen molar-refractivity contribution in [3.8, 4) is 0 Å². The number of furan rings is 1. The van der Waals surface area contributed by atoms with Crippen LogP contribution < -0.4 is 0 Å². The van der Waals surface area contributed by atoms with E-state index in [1.807, 2.05) is 0 Å². The van der Waals surface area contributed by atoms with E-state index in [9.17, 15) is 39.3 Å². The first-order chi connectivity index (χ1) is 21.2. The standard InChI is InChI=1S/C33H44O13/c1-15(2)27(39)46-28-29(4,5)19(12-21(35)42-8)31(7)23-18(44-16(3)34)14-30(6)20(32(23,40)24(37)25(38)33(28,31)41)13-22(36)45-26(30)17-10-9-11-43-17/h9-11,15,18-20,23-24,26,28,37,40-41H,12-14H2,1-8H3/t18-,19+,20-,23-,24-,26+,28+,30-,31+,32+,33-/m1/s1. The molecule has 0 unspecified atom stereocenters. The summed E-state index contributed by atoms with van der Waals surface area (Å²) in [6.45, 7) is 10.7. The van der Waals surface area contributed by atoms with Crippen LogP contribution in [-0.4, -0.2) is 81.6 Å². The Labute approximate surface area is 266 Å². The molecule has 1 saturated heterocycles. The molecule has 13 nitrogen and oxygen atoms in total. The molecule has 5 rings (SSSR count). The number of cyclic esters (lactones) is 1. The Bertz CT molecular complexity index is 1430. The maximum absolute atomic E-state index is 14.6. The number of hydrogen-bond donors (Lipinski definition) is 3. The number of carbonyl (C=O) groups excluding carboxylic acids is 5. The number of ether oxygens (including phenoxy) is 4. The summed E-state index contributed by atoms with van der Waals surface area (Å²) in [5.41, 5.74) is -9.71. The molecular formula is C33H44O13. The predicted molar refractivity (Wildman–Crippen MR) is 155 cm³/mol. The lowest BCUT2D eigenvalue weighted by molar-refractivity contribution is -0.323. The van der Waals surface area contributed by atoms with Crippen molar-refractivity contribution >= 4 is 29.7 Å². The van der Waals surface area contributed by atoms with Gasteiger partial charge in [-0.05, 0) is 24.5 Å². The molecule has 13 heteroatoms. The lowest BCUT2D eigenvalue weighted by Gasteiger charge is -2.68. The Morgan fingerprint density at radius 3 is 2.28 bits per heavy atom. The minimum absolute atomic E-state index is 0.0583. The van der Waals surface area contributed by atoms with Crippen LogP contribution in [-0.2, 0) is 42.9 Å². The molecule has 46 heavy (non-hydrogen) atoms. The number of esters is 4. The zero-order valence-electron chi connectivity index (χ0n) is 27.4. The highest BCUT2D eigenvalue weighted by molar-refractivity contribution is 5.96. The van der Waals surface area contributed by atoms with E-state index in [1.54, 1.807) is 46.8 Å². The van der Waals surface area contributed by atoms with Gasteiger partial charge in [0.15, 0.2) is 17.5 Å². The summed E-state index contributed by atoms with van der Waals surface area (Å²) in [6.07, 6.45) is -5.82. The second-order valence-corrected chi connectivity index (χ2v) is 14.8. The van der Waals surface area contributed by atoms with Gasteiger partial charge in [-0.2, -0.15) is 0 Å². The maximum atomic E-state index is 14.6. The van der Waals surface area contributed by atoms with Gasteiger partial charge in [-0.25, -0.2) is 0 Å². The van der Waals surface area contributed by atoms with Crippen molar-refractivity contribution in [3.05, 3.63) is 24.2 Å². The normalized spacial score (nSPS) is 42.7. The predicted octanol–water partition coefficient (Wildman–Crippen LogP) is 2.04. The summed E-state index contributed by atoms with van der Waals surface area (Å²) < 4.78 is 28.2. The third-order valence-corrected chi connectivity index (χ3v) is 11.7.